The van der Waals surface area contributed by atoms with Crippen LogP contribution in [0.3, 0.4) is 0 Å². The average Bonchev–Trinajstić information content (AvgIpc) is 3.07. The monoisotopic (exact) mass is 372 g/mol. The van der Waals surface area contributed by atoms with E-state index in [1.54, 1.807) is 13.2 Å². The summed E-state index contributed by atoms with van der Waals surface area (Å²) >= 11 is 0. The second-order valence-electron chi connectivity index (χ2n) is 8.29. The summed E-state index contributed by atoms with van der Waals surface area (Å²) in [7, 11) is 1.75. The molecule has 0 aliphatic heterocycles. The van der Waals surface area contributed by atoms with Gasteiger partial charge in [0.25, 0.3) is 0 Å². The van der Waals surface area contributed by atoms with E-state index in [-0.39, 0.29) is 16.6 Å². The van der Waals surface area contributed by atoms with Crippen molar-refractivity contribution in [3.8, 4) is 0 Å². The first-order valence-electron chi connectivity index (χ1n) is 9.48. The fourth-order valence-corrected chi connectivity index (χ4v) is 3.35. The Morgan fingerprint density at radius 3 is 2.44 bits per heavy atom. The third-order valence-corrected chi connectivity index (χ3v) is 5.28. The number of guanidine groups is 1. The number of rotatable bonds is 5. The van der Waals surface area contributed by atoms with E-state index in [0.29, 0.717) is 18.4 Å². The Labute approximate surface area is 160 Å². The van der Waals surface area contributed by atoms with Gasteiger partial charge in [-0.05, 0) is 30.5 Å². The molecule has 1 aromatic carbocycles. The molecular formula is C21H29FN4O. The van der Waals surface area contributed by atoms with E-state index in [2.05, 4.69) is 41.4 Å². The van der Waals surface area contributed by atoms with Crippen molar-refractivity contribution in [1.82, 2.24) is 15.6 Å². The van der Waals surface area contributed by atoms with Crippen LogP contribution in [0.5, 0.6) is 0 Å². The standard InChI is InChI=1S/C21H29FN4O/c1-20(2,3)17-12-24-18(27-17)13-25-19(23-4)26-14-21(10-5-11-21)15-6-8-16(22)9-7-15/h6-9,12H,5,10-11,13-14H2,1-4H3,(H2,23,25,26). The van der Waals surface area contributed by atoms with Gasteiger partial charge >= 0.3 is 0 Å². The van der Waals surface area contributed by atoms with E-state index in [4.69, 9.17) is 4.42 Å². The van der Waals surface area contributed by atoms with E-state index in [1.807, 2.05) is 12.1 Å². The third kappa shape index (κ3) is 4.49. The summed E-state index contributed by atoms with van der Waals surface area (Å²) in [5.41, 5.74) is 1.17. The summed E-state index contributed by atoms with van der Waals surface area (Å²) in [5.74, 6) is 2.02. The Hall–Kier alpha value is -2.37. The number of aliphatic imine (C=N–C) groups is 1. The zero-order valence-electron chi connectivity index (χ0n) is 16.6. The first-order valence-corrected chi connectivity index (χ1v) is 9.48. The highest BCUT2D eigenvalue weighted by molar-refractivity contribution is 5.79. The molecule has 0 amide bonds. The van der Waals surface area contributed by atoms with Gasteiger partial charge in [-0.1, -0.05) is 39.3 Å². The van der Waals surface area contributed by atoms with Crippen molar-refractivity contribution in [3.63, 3.8) is 0 Å². The molecule has 5 nitrogen and oxygen atoms in total. The van der Waals surface area contributed by atoms with Gasteiger partial charge in [0.1, 0.15) is 11.6 Å². The van der Waals surface area contributed by atoms with Crippen molar-refractivity contribution >= 4 is 5.96 Å². The van der Waals surface area contributed by atoms with Gasteiger partial charge in [-0.3, -0.25) is 4.99 Å². The van der Waals surface area contributed by atoms with Crippen molar-refractivity contribution < 1.29 is 8.81 Å². The van der Waals surface area contributed by atoms with Crippen molar-refractivity contribution in [2.45, 2.75) is 57.4 Å². The number of hydrogen-bond acceptors (Lipinski definition) is 3. The first-order chi connectivity index (χ1) is 12.8. The van der Waals surface area contributed by atoms with Gasteiger partial charge < -0.3 is 15.1 Å². The molecule has 1 aliphatic rings. The quantitative estimate of drug-likeness (QED) is 0.617. The molecule has 1 aromatic heterocycles. The number of aromatic nitrogens is 1. The van der Waals surface area contributed by atoms with E-state index < -0.39 is 0 Å². The fourth-order valence-electron chi connectivity index (χ4n) is 3.35. The zero-order chi connectivity index (χ0) is 19.5. The second kappa shape index (κ2) is 7.71. The van der Waals surface area contributed by atoms with Gasteiger partial charge in [0.05, 0.1) is 12.7 Å². The maximum Gasteiger partial charge on any atom is 0.213 e. The van der Waals surface area contributed by atoms with Crippen LogP contribution in [0.2, 0.25) is 0 Å². The van der Waals surface area contributed by atoms with Crippen molar-refractivity contribution in [2.75, 3.05) is 13.6 Å². The van der Waals surface area contributed by atoms with Crippen molar-refractivity contribution in [1.29, 1.82) is 0 Å². The minimum Gasteiger partial charge on any atom is -0.443 e. The fraction of sp³-hybridized carbons (Fsp3) is 0.524. The Balaban J connectivity index is 1.57. The van der Waals surface area contributed by atoms with Crippen LogP contribution in [-0.2, 0) is 17.4 Å². The molecular weight excluding hydrogens is 343 g/mol. The number of benzene rings is 1. The third-order valence-electron chi connectivity index (χ3n) is 5.28. The lowest BCUT2D eigenvalue weighted by atomic mass is 9.64. The van der Waals surface area contributed by atoms with Crippen LogP contribution >= 0.6 is 0 Å². The van der Waals surface area contributed by atoms with E-state index >= 15 is 0 Å². The van der Waals surface area contributed by atoms with Crippen LogP contribution in [0, 0.1) is 5.82 Å². The molecule has 0 radical (unpaired) electrons. The Morgan fingerprint density at radius 1 is 1.22 bits per heavy atom. The predicted molar refractivity (Wildman–Crippen MR) is 105 cm³/mol. The van der Waals surface area contributed by atoms with Gasteiger partial charge in [0.15, 0.2) is 5.96 Å². The summed E-state index contributed by atoms with van der Waals surface area (Å²) < 4.78 is 19.1. The predicted octanol–water partition coefficient (Wildman–Crippen LogP) is 3.90. The van der Waals surface area contributed by atoms with E-state index in [0.717, 1.165) is 25.1 Å². The summed E-state index contributed by atoms with van der Waals surface area (Å²) in [6.07, 6.45) is 5.16. The molecule has 2 N–H and O–H groups in total. The summed E-state index contributed by atoms with van der Waals surface area (Å²) in [5, 5.41) is 6.66. The highest BCUT2D eigenvalue weighted by Crippen LogP contribution is 2.43. The normalized spacial score (nSPS) is 16.7. The molecule has 0 saturated heterocycles. The number of nitrogens with one attached hydrogen (secondary N) is 2. The number of halogens is 1. The van der Waals surface area contributed by atoms with E-state index in [9.17, 15) is 4.39 Å². The van der Waals surface area contributed by atoms with Crippen LogP contribution in [0.1, 0.15) is 57.2 Å². The molecule has 0 unspecified atom stereocenters. The van der Waals surface area contributed by atoms with Gasteiger partial charge in [-0.25, -0.2) is 9.37 Å². The largest absolute Gasteiger partial charge is 0.443 e. The lowest BCUT2D eigenvalue weighted by Crippen LogP contribution is -2.48. The summed E-state index contributed by atoms with van der Waals surface area (Å²) in [6, 6.07) is 6.87. The molecule has 1 fully saturated rings. The van der Waals surface area contributed by atoms with Crippen LogP contribution in [0.25, 0.3) is 0 Å². The van der Waals surface area contributed by atoms with Gasteiger partial charge in [0.2, 0.25) is 5.89 Å². The SMILES string of the molecule is CN=C(NCc1ncc(C(C)(C)C)o1)NCC1(c2ccc(F)cc2)CCC1. The second-order valence-corrected chi connectivity index (χ2v) is 8.29. The lowest BCUT2D eigenvalue weighted by molar-refractivity contribution is 0.243. The molecule has 3 rings (SSSR count). The van der Waals surface area contributed by atoms with Gasteiger partial charge in [-0.2, -0.15) is 0 Å². The highest BCUT2D eigenvalue weighted by atomic mass is 19.1. The molecule has 1 heterocycles. The summed E-state index contributed by atoms with van der Waals surface area (Å²) in [6.45, 7) is 7.52. The van der Waals surface area contributed by atoms with E-state index in [1.165, 1.54) is 24.1 Å². The van der Waals surface area contributed by atoms with Gasteiger partial charge in [0, 0.05) is 24.4 Å². The minimum atomic E-state index is -0.195. The lowest BCUT2D eigenvalue weighted by Gasteiger charge is -2.43. The van der Waals surface area contributed by atoms with Crippen LogP contribution in [0.4, 0.5) is 4.39 Å². The molecule has 2 aromatic rings. The Morgan fingerprint density at radius 2 is 1.93 bits per heavy atom. The number of oxazole rings is 1. The van der Waals surface area contributed by atoms with Crippen LogP contribution in [0.15, 0.2) is 39.9 Å². The topological polar surface area (TPSA) is 62.5 Å². The molecule has 0 atom stereocenters. The maximum atomic E-state index is 13.2. The van der Waals surface area contributed by atoms with Crippen molar-refractivity contribution in [3.05, 3.63) is 53.5 Å². The van der Waals surface area contributed by atoms with Gasteiger partial charge in [-0.15, -0.1) is 0 Å². The molecule has 1 aliphatic carbocycles. The molecule has 1 saturated carbocycles. The minimum absolute atomic E-state index is 0.0493. The molecule has 0 spiro atoms. The zero-order valence-corrected chi connectivity index (χ0v) is 16.6. The molecule has 146 valence electrons. The number of nitrogens with zero attached hydrogens (tertiary/aromatic N) is 2. The Kier molecular flexibility index (Phi) is 5.53. The Bertz CT molecular complexity index is 785. The maximum absolute atomic E-state index is 13.2. The highest BCUT2D eigenvalue weighted by Gasteiger charge is 2.38. The van der Waals surface area contributed by atoms with Crippen LogP contribution < -0.4 is 10.6 Å². The first kappa shape index (κ1) is 19.4. The summed E-state index contributed by atoms with van der Waals surface area (Å²) in [4.78, 5) is 8.63. The average molecular weight is 372 g/mol. The molecule has 0 bridgehead atoms. The molecule has 6 heteroatoms. The molecule has 27 heavy (non-hydrogen) atoms. The smallest absolute Gasteiger partial charge is 0.213 e. The van der Waals surface area contributed by atoms with Crippen LogP contribution in [-0.4, -0.2) is 24.5 Å². The number of hydrogen-bond donors (Lipinski definition) is 2. The van der Waals surface area contributed by atoms with Crippen molar-refractivity contribution in [2.24, 2.45) is 4.99 Å².